The van der Waals surface area contributed by atoms with Crippen molar-refractivity contribution in [2.24, 2.45) is 5.41 Å². The van der Waals surface area contributed by atoms with Gasteiger partial charge in [-0.3, -0.25) is 4.90 Å². The van der Waals surface area contributed by atoms with Gasteiger partial charge in [0.2, 0.25) is 10.0 Å². The Hall–Kier alpha value is -0.950. The van der Waals surface area contributed by atoms with Crippen LogP contribution in [0.2, 0.25) is 0 Å². The minimum Gasteiger partial charge on any atom is -0.381 e. The third-order valence-electron chi connectivity index (χ3n) is 5.69. The fourth-order valence-corrected chi connectivity index (χ4v) is 5.94. The molecule has 4 rings (SSSR count). The first-order valence-corrected chi connectivity index (χ1v) is 10.5. The summed E-state index contributed by atoms with van der Waals surface area (Å²) in [4.78, 5) is 2.52. The molecule has 1 spiro atoms. The van der Waals surface area contributed by atoms with Crippen molar-refractivity contribution in [2.75, 3.05) is 45.1 Å². The molecule has 0 N–H and O–H groups in total. The van der Waals surface area contributed by atoms with Crippen molar-refractivity contribution in [2.45, 2.75) is 25.3 Å². The van der Waals surface area contributed by atoms with Crippen molar-refractivity contribution in [3.63, 3.8) is 0 Å². The van der Waals surface area contributed by atoms with E-state index in [0.717, 1.165) is 44.7 Å². The van der Waals surface area contributed by atoms with Gasteiger partial charge in [0.1, 0.15) is 0 Å². The van der Waals surface area contributed by atoms with Crippen LogP contribution in [-0.2, 0) is 21.2 Å². The lowest BCUT2D eigenvalue weighted by Gasteiger charge is -2.61. The van der Waals surface area contributed by atoms with E-state index in [9.17, 15) is 8.42 Å². The second-order valence-electron chi connectivity index (χ2n) is 7.57. The molecule has 3 fully saturated rings. The zero-order chi connectivity index (χ0) is 16.6. The summed E-state index contributed by atoms with van der Waals surface area (Å²) in [5.74, 6) is 0.219. The highest BCUT2D eigenvalue weighted by Crippen LogP contribution is 2.43. The number of aryl methyl sites for hydroxylation is 1. The minimum absolute atomic E-state index is 0.219. The van der Waals surface area contributed by atoms with Crippen LogP contribution in [0.15, 0.2) is 30.3 Å². The highest BCUT2D eigenvalue weighted by molar-refractivity contribution is 7.89. The summed E-state index contributed by atoms with van der Waals surface area (Å²) in [6.07, 6.45) is 2.84. The third kappa shape index (κ3) is 3.25. The number of rotatable bonds is 5. The Morgan fingerprint density at radius 2 is 1.71 bits per heavy atom. The first kappa shape index (κ1) is 16.5. The second kappa shape index (κ2) is 6.41. The van der Waals surface area contributed by atoms with Crippen LogP contribution >= 0.6 is 0 Å². The van der Waals surface area contributed by atoms with E-state index in [4.69, 9.17) is 4.74 Å². The Kier molecular flexibility index (Phi) is 4.41. The molecule has 6 heteroatoms. The molecule has 0 saturated carbocycles. The van der Waals surface area contributed by atoms with Gasteiger partial charge in [0.05, 0.1) is 5.75 Å². The van der Waals surface area contributed by atoms with Gasteiger partial charge in [0.15, 0.2) is 0 Å². The molecule has 5 nitrogen and oxygen atoms in total. The van der Waals surface area contributed by atoms with Gasteiger partial charge in [-0.05, 0) is 24.8 Å². The molecule has 132 valence electrons. The van der Waals surface area contributed by atoms with Gasteiger partial charge in [-0.2, -0.15) is 0 Å². The molecule has 0 unspecified atom stereocenters. The lowest BCUT2D eigenvalue weighted by atomic mass is 9.73. The maximum absolute atomic E-state index is 12.5. The second-order valence-corrected chi connectivity index (χ2v) is 9.66. The Bertz CT molecular complexity index is 657. The van der Waals surface area contributed by atoms with Crippen molar-refractivity contribution in [1.29, 1.82) is 0 Å². The molecule has 3 aliphatic heterocycles. The fourth-order valence-electron chi connectivity index (χ4n) is 4.24. The maximum Gasteiger partial charge on any atom is 0.214 e. The summed E-state index contributed by atoms with van der Waals surface area (Å²) < 4.78 is 32.1. The van der Waals surface area contributed by atoms with Gasteiger partial charge in [-0.25, -0.2) is 12.7 Å². The van der Waals surface area contributed by atoms with Crippen molar-refractivity contribution in [1.82, 2.24) is 9.21 Å². The van der Waals surface area contributed by atoms with Crippen LogP contribution in [0.4, 0.5) is 0 Å². The highest BCUT2D eigenvalue weighted by Gasteiger charge is 2.55. The van der Waals surface area contributed by atoms with Crippen LogP contribution in [0.3, 0.4) is 0 Å². The van der Waals surface area contributed by atoms with Gasteiger partial charge in [-0.1, -0.05) is 30.3 Å². The molecule has 0 radical (unpaired) electrons. The van der Waals surface area contributed by atoms with Crippen molar-refractivity contribution >= 4 is 10.0 Å². The van der Waals surface area contributed by atoms with E-state index in [2.05, 4.69) is 4.90 Å². The summed E-state index contributed by atoms with van der Waals surface area (Å²) >= 11 is 0. The number of benzene rings is 1. The van der Waals surface area contributed by atoms with Crippen molar-refractivity contribution in [3.8, 4) is 0 Å². The number of nitrogens with zero attached hydrogens (tertiary/aromatic N) is 2. The lowest BCUT2D eigenvalue weighted by molar-refractivity contribution is -0.116. The molecule has 3 aliphatic rings. The fraction of sp³-hybridized carbons (Fsp3) is 0.667. The smallest absolute Gasteiger partial charge is 0.214 e. The first-order valence-electron chi connectivity index (χ1n) is 8.90. The summed E-state index contributed by atoms with van der Waals surface area (Å²) in [5, 5.41) is 0. The topological polar surface area (TPSA) is 49.9 Å². The molecule has 1 aromatic carbocycles. The van der Waals surface area contributed by atoms with Crippen molar-refractivity contribution < 1.29 is 13.2 Å². The Balaban J connectivity index is 1.25. The zero-order valence-electron chi connectivity index (χ0n) is 14.1. The van der Waals surface area contributed by atoms with Gasteiger partial charge in [-0.15, -0.1) is 0 Å². The van der Waals surface area contributed by atoms with Gasteiger partial charge in [0.25, 0.3) is 0 Å². The monoisotopic (exact) mass is 350 g/mol. The standard InChI is InChI=1S/C18H26N2O3S/c21-24(22,11-8-16-4-2-1-3-5-16)20-14-18(15-20)12-19(13-18)17-6-9-23-10-7-17/h1-5,17H,6-15H2. The van der Waals surface area contributed by atoms with Crippen LogP contribution in [0, 0.1) is 5.41 Å². The van der Waals surface area contributed by atoms with E-state index in [0.29, 0.717) is 25.6 Å². The first-order chi connectivity index (χ1) is 11.6. The number of likely N-dealkylation sites (tertiary alicyclic amines) is 1. The van der Waals surface area contributed by atoms with E-state index in [-0.39, 0.29) is 11.2 Å². The highest BCUT2D eigenvalue weighted by atomic mass is 32.2. The number of hydrogen-bond donors (Lipinski definition) is 0. The molecule has 0 atom stereocenters. The zero-order valence-corrected chi connectivity index (χ0v) is 14.9. The molecule has 0 aliphatic carbocycles. The number of sulfonamides is 1. The van der Waals surface area contributed by atoms with Gasteiger partial charge < -0.3 is 4.74 Å². The normalized spacial score (nSPS) is 25.3. The SMILES string of the molecule is O=S(=O)(CCc1ccccc1)N1CC2(CN(C3CCOCC3)C2)C1. The van der Waals surface area contributed by atoms with E-state index in [1.54, 1.807) is 4.31 Å². The summed E-state index contributed by atoms with van der Waals surface area (Å²) in [6.45, 7) is 5.28. The largest absolute Gasteiger partial charge is 0.381 e. The van der Waals surface area contributed by atoms with Crippen LogP contribution in [0.5, 0.6) is 0 Å². The number of ether oxygens (including phenoxy) is 1. The molecular weight excluding hydrogens is 324 g/mol. The molecule has 1 aromatic rings. The van der Waals surface area contributed by atoms with Gasteiger partial charge >= 0.3 is 0 Å². The van der Waals surface area contributed by atoms with E-state index < -0.39 is 10.0 Å². The predicted molar refractivity (Wildman–Crippen MR) is 93.4 cm³/mol. The third-order valence-corrected chi connectivity index (χ3v) is 7.46. The molecule has 3 saturated heterocycles. The Morgan fingerprint density at radius 3 is 2.38 bits per heavy atom. The average Bonchev–Trinajstić information content (AvgIpc) is 2.52. The van der Waals surface area contributed by atoms with Crippen LogP contribution in [-0.4, -0.2) is 68.8 Å². The Morgan fingerprint density at radius 1 is 1.04 bits per heavy atom. The molecular formula is C18H26N2O3S. The molecule has 0 aromatic heterocycles. The van der Waals surface area contributed by atoms with E-state index in [1.165, 1.54) is 0 Å². The average molecular weight is 350 g/mol. The summed E-state index contributed by atoms with van der Waals surface area (Å²) in [5.41, 5.74) is 1.32. The minimum atomic E-state index is -3.12. The van der Waals surface area contributed by atoms with E-state index in [1.807, 2.05) is 30.3 Å². The quantitative estimate of drug-likeness (QED) is 0.804. The van der Waals surface area contributed by atoms with Crippen LogP contribution in [0.25, 0.3) is 0 Å². The Labute approximate surface area is 144 Å². The maximum atomic E-state index is 12.5. The number of hydrogen-bond acceptors (Lipinski definition) is 4. The van der Waals surface area contributed by atoms with E-state index >= 15 is 0 Å². The van der Waals surface area contributed by atoms with Crippen LogP contribution in [0.1, 0.15) is 18.4 Å². The molecule has 3 heterocycles. The van der Waals surface area contributed by atoms with Crippen LogP contribution < -0.4 is 0 Å². The van der Waals surface area contributed by atoms with Gasteiger partial charge in [0, 0.05) is 50.8 Å². The lowest BCUT2D eigenvalue weighted by Crippen LogP contribution is -2.74. The van der Waals surface area contributed by atoms with Crippen molar-refractivity contribution in [3.05, 3.63) is 35.9 Å². The molecule has 24 heavy (non-hydrogen) atoms. The molecule has 0 bridgehead atoms. The summed E-state index contributed by atoms with van der Waals surface area (Å²) in [7, 11) is -3.12. The predicted octanol–water partition coefficient (Wildman–Crippen LogP) is 1.36. The summed E-state index contributed by atoms with van der Waals surface area (Å²) in [6, 6.07) is 10.5. The molecule has 0 amide bonds.